The van der Waals surface area contributed by atoms with Gasteiger partial charge in [-0.3, -0.25) is 14.5 Å². The highest BCUT2D eigenvalue weighted by Gasteiger charge is 2.12. The van der Waals surface area contributed by atoms with Crippen LogP contribution in [0.5, 0.6) is 0 Å². The number of rotatable bonds is 5. The number of amides is 2. The Bertz CT molecular complexity index is 182. The number of hydrogen-bond donors (Lipinski definition) is 3. The van der Waals surface area contributed by atoms with Gasteiger partial charge in [0.05, 0.1) is 12.6 Å². The largest absolute Gasteiger partial charge is 0.369 e. The highest BCUT2D eigenvalue weighted by Crippen LogP contribution is 1.84. The third-order valence-corrected chi connectivity index (χ3v) is 1.30. The van der Waals surface area contributed by atoms with Crippen molar-refractivity contribution in [2.75, 3.05) is 20.1 Å². The first-order chi connectivity index (χ1) is 5.43. The number of carbonyl (C=O) groups is 2. The summed E-state index contributed by atoms with van der Waals surface area (Å²) >= 11 is 0. The molecule has 70 valence electrons. The Labute approximate surface area is 70.7 Å². The maximum atomic E-state index is 10.5. The standard InChI is InChI=1S/C6H14N4O2/c1-10(3-5(8)11)2-4(7)6(9)12/h4H,2-3,7H2,1H3,(H2,8,11)(H2,9,12). The summed E-state index contributed by atoms with van der Waals surface area (Å²) in [5.74, 6) is -1.06. The van der Waals surface area contributed by atoms with Crippen LogP contribution in [0.4, 0.5) is 0 Å². The monoisotopic (exact) mass is 174 g/mol. The van der Waals surface area contributed by atoms with Gasteiger partial charge in [0, 0.05) is 6.54 Å². The molecule has 0 fully saturated rings. The summed E-state index contributed by atoms with van der Waals surface area (Å²) in [6.45, 7) is 0.305. The van der Waals surface area contributed by atoms with Crippen LogP contribution in [-0.2, 0) is 9.59 Å². The molecular formula is C6H14N4O2. The number of nitrogens with two attached hydrogens (primary N) is 3. The zero-order chi connectivity index (χ0) is 9.72. The molecule has 0 aliphatic heterocycles. The van der Waals surface area contributed by atoms with Crippen molar-refractivity contribution in [2.24, 2.45) is 17.2 Å². The van der Waals surface area contributed by atoms with E-state index < -0.39 is 17.9 Å². The van der Waals surface area contributed by atoms with Gasteiger partial charge in [-0.15, -0.1) is 0 Å². The van der Waals surface area contributed by atoms with Gasteiger partial charge in [-0.2, -0.15) is 0 Å². The number of carbonyl (C=O) groups excluding carboxylic acids is 2. The lowest BCUT2D eigenvalue weighted by Crippen LogP contribution is -2.46. The van der Waals surface area contributed by atoms with E-state index in [1.165, 1.54) is 4.90 Å². The molecule has 0 aromatic rings. The molecule has 0 aliphatic rings. The zero-order valence-corrected chi connectivity index (χ0v) is 6.99. The minimum absolute atomic E-state index is 0.0704. The summed E-state index contributed by atoms with van der Waals surface area (Å²) in [6, 6.07) is -0.755. The van der Waals surface area contributed by atoms with Crippen LogP contribution in [0.25, 0.3) is 0 Å². The maximum Gasteiger partial charge on any atom is 0.235 e. The van der Waals surface area contributed by atoms with Gasteiger partial charge in [0.2, 0.25) is 11.8 Å². The second-order valence-electron chi connectivity index (χ2n) is 2.67. The normalized spacial score (nSPS) is 12.9. The van der Waals surface area contributed by atoms with Gasteiger partial charge in [-0.25, -0.2) is 0 Å². The number of primary amides is 2. The first-order valence-electron chi connectivity index (χ1n) is 3.45. The van der Waals surface area contributed by atoms with E-state index in [-0.39, 0.29) is 13.1 Å². The summed E-state index contributed by atoms with van der Waals surface area (Å²) in [5.41, 5.74) is 15.1. The van der Waals surface area contributed by atoms with E-state index in [2.05, 4.69) is 0 Å². The summed E-state index contributed by atoms with van der Waals surface area (Å²) in [7, 11) is 1.63. The second kappa shape index (κ2) is 4.68. The molecule has 0 rings (SSSR count). The Hall–Kier alpha value is -1.14. The molecule has 0 aromatic heterocycles. The molecule has 0 bridgehead atoms. The fourth-order valence-corrected chi connectivity index (χ4v) is 0.756. The first kappa shape index (κ1) is 10.9. The van der Waals surface area contributed by atoms with Crippen molar-refractivity contribution in [1.29, 1.82) is 0 Å². The van der Waals surface area contributed by atoms with Crippen molar-refractivity contribution >= 4 is 11.8 Å². The Morgan fingerprint density at radius 2 is 1.92 bits per heavy atom. The molecule has 6 heteroatoms. The molecule has 0 spiro atoms. The molecule has 0 radical (unpaired) electrons. The van der Waals surface area contributed by atoms with Crippen LogP contribution in [0.3, 0.4) is 0 Å². The lowest BCUT2D eigenvalue weighted by atomic mass is 10.3. The van der Waals surface area contributed by atoms with E-state index in [0.717, 1.165) is 0 Å². The minimum Gasteiger partial charge on any atom is -0.369 e. The van der Waals surface area contributed by atoms with Gasteiger partial charge in [-0.1, -0.05) is 0 Å². The van der Waals surface area contributed by atoms with Crippen molar-refractivity contribution in [3.8, 4) is 0 Å². The summed E-state index contributed by atoms with van der Waals surface area (Å²) in [5, 5.41) is 0. The van der Waals surface area contributed by atoms with Gasteiger partial charge in [0.25, 0.3) is 0 Å². The van der Waals surface area contributed by atoms with E-state index in [1.54, 1.807) is 7.05 Å². The summed E-state index contributed by atoms with van der Waals surface area (Å²) in [4.78, 5) is 22.4. The molecule has 12 heavy (non-hydrogen) atoms. The Morgan fingerprint density at radius 3 is 2.25 bits per heavy atom. The first-order valence-corrected chi connectivity index (χ1v) is 3.45. The molecule has 1 unspecified atom stereocenters. The molecule has 0 aliphatic carbocycles. The lowest BCUT2D eigenvalue weighted by molar-refractivity contribution is -0.121. The molecule has 6 nitrogen and oxygen atoms in total. The SMILES string of the molecule is CN(CC(N)=O)CC(N)C(N)=O. The van der Waals surface area contributed by atoms with E-state index in [9.17, 15) is 9.59 Å². The molecular weight excluding hydrogens is 160 g/mol. The molecule has 0 saturated heterocycles. The second-order valence-corrected chi connectivity index (χ2v) is 2.67. The predicted octanol–water partition coefficient (Wildman–Crippen LogP) is -2.78. The maximum absolute atomic E-state index is 10.5. The smallest absolute Gasteiger partial charge is 0.235 e. The Balaban J connectivity index is 3.76. The molecule has 6 N–H and O–H groups in total. The van der Waals surface area contributed by atoms with E-state index in [0.29, 0.717) is 0 Å². The topological polar surface area (TPSA) is 115 Å². The van der Waals surface area contributed by atoms with Crippen LogP contribution < -0.4 is 17.2 Å². The quantitative estimate of drug-likeness (QED) is 0.418. The van der Waals surface area contributed by atoms with Crippen molar-refractivity contribution in [3.63, 3.8) is 0 Å². The van der Waals surface area contributed by atoms with Crippen LogP contribution in [-0.4, -0.2) is 42.9 Å². The van der Waals surface area contributed by atoms with Gasteiger partial charge >= 0.3 is 0 Å². The van der Waals surface area contributed by atoms with Gasteiger partial charge in [-0.05, 0) is 7.05 Å². The average Bonchev–Trinajstić information content (AvgIpc) is 1.84. The molecule has 0 saturated carbocycles. The zero-order valence-electron chi connectivity index (χ0n) is 6.99. The molecule has 0 heterocycles. The lowest BCUT2D eigenvalue weighted by Gasteiger charge is -2.17. The molecule has 0 aromatic carbocycles. The molecule has 1 atom stereocenters. The third-order valence-electron chi connectivity index (χ3n) is 1.30. The fraction of sp³-hybridized carbons (Fsp3) is 0.667. The highest BCUT2D eigenvalue weighted by atomic mass is 16.1. The van der Waals surface area contributed by atoms with Crippen molar-refractivity contribution in [1.82, 2.24) is 4.90 Å². The fourth-order valence-electron chi connectivity index (χ4n) is 0.756. The Kier molecular flexibility index (Phi) is 4.24. The minimum atomic E-state index is -0.755. The number of likely N-dealkylation sites (N-methyl/N-ethyl adjacent to an activating group) is 1. The van der Waals surface area contributed by atoms with E-state index in [1.807, 2.05) is 0 Å². The summed E-state index contributed by atoms with van der Waals surface area (Å²) in [6.07, 6.45) is 0. The number of hydrogen-bond acceptors (Lipinski definition) is 4. The van der Waals surface area contributed by atoms with Crippen LogP contribution in [0, 0.1) is 0 Å². The van der Waals surface area contributed by atoms with E-state index in [4.69, 9.17) is 17.2 Å². The molecule has 2 amide bonds. The Morgan fingerprint density at radius 1 is 1.42 bits per heavy atom. The summed E-state index contributed by atoms with van der Waals surface area (Å²) < 4.78 is 0. The van der Waals surface area contributed by atoms with Crippen LogP contribution in [0.15, 0.2) is 0 Å². The van der Waals surface area contributed by atoms with Crippen LogP contribution in [0.2, 0.25) is 0 Å². The van der Waals surface area contributed by atoms with Crippen LogP contribution in [0.1, 0.15) is 0 Å². The van der Waals surface area contributed by atoms with E-state index >= 15 is 0 Å². The van der Waals surface area contributed by atoms with Crippen molar-refractivity contribution in [2.45, 2.75) is 6.04 Å². The number of nitrogens with zero attached hydrogens (tertiary/aromatic N) is 1. The van der Waals surface area contributed by atoms with Gasteiger partial charge < -0.3 is 17.2 Å². The van der Waals surface area contributed by atoms with Crippen molar-refractivity contribution < 1.29 is 9.59 Å². The van der Waals surface area contributed by atoms with Crippen molar-refractivity contribution in [3.05, 3.63) is 0 Å². The highest BCUT2D eigenvalue weighted by molar-refractivity contribution is 5.80. The van der Waals surface area contributed by atoms with Gasteiger partial charge in [0.15, 0.2) is 0 Å². The average molecular weight is 174 g/mol. The third kappa shape index (κ3) is 4.64. The van der Waals surface area contributed by atoms with Crippen LogP contribution >= 0.6 is 0 Å². The predicted molar refractivity (Wildman–Crippen MR) is 43.9 cm³/mol. The van der Waals surface area contributed by atoms with Gasteiger partial charge in [0.1, 0.15) is 0 Å².